The van der Waals surface area contributed by atoms with Crippen molar-refractivity contribution in [2.24, 2.45) is 5.73 Å². The maximum Gasteiger partial charge on any atom is 0.352 e. The number of β-lactam (4-membered cyclic amide) rings is 1. The molecule has 2 aliphatic rings. The average molecular weight is 391 g/mol. The van der Waals surface area contributed by atoms with Gasteiger partial charge in [0.05, 0.1) is 0 Å². The molecule has 3 rings (SSSR count). The highest BCUT2D eigenvalue weighted by atomic mass is 32.2. The Labute approximate surface area is 149 Å². The number of hydrogen-bond acceptors (Lipinski definition) is 9. The van der Waals surface area contributed by atoms with Crippen molar-refractivity contribution in [1.82, 2.24) is 15.1 Å². The second-order valence-electron chi connectivity index (χ2n) is 4.75. The van der Waals surface area contributed by atoms with Gasteiger partial charge in [0.2, 0.25) is 5.91 Å². The van der Waals surface area contributed by atoms with Gasteiger partial charge in [-0.25, -0.2) is 4.79 Å². The summed E-state index contributed by atoms with van der Waals surface area (Å²) in [7, 11) is 0. The lowest BCUT2D eigenvalue weighted by Gasteiger charge is -2.48. The Morgan fingerprint density at radius 2 is 2.13 bits per heavy atom. The number of carboxylic acid groups (broad SMARTS) is 1. The van der Waals surface area contributed by atoms with Crippen molar-refractivity contribution in [3.63, 3.8) is 0 Å². The molecule has 2 aliphatic heterocycles. The number of carbonyl (C=O) groups is 2. The van der Waals surface area contributed by atoms with E-state index in [1.54, 1.807) is 11.8 Å². The summed E-state index contributed by atoms with van der Waals surface area (Å²) < 4.78 is 1.71. The first kappa shape index (κ1) is 17.1. The van der Waals surface area contributed by atoms with Crippen LogP contribution in [0.25, 0.3) is 0 Å². The predicted octanol–water partition coefficient (Wildman–Crippen LogP) is 1.32. The minimum Gasteiger partial charge on any atom is -0.477 e. The Bertz CT molecular complexity index is 677. The minimum atomic E-state index is -1.08. The van der Waals surface area contributed by atoms with Crippen LogP contribution in [0.1, 0.15) is 6.92 Å². The van der Waals surface area contributed by atoms with Crippen molar-refractivity contribution >= 4 is 58.5 Å². The Balaban J connectivity index is 1.74. The molecule has 1 fully saturated rings. The minimum absolute atomic E-state index is 0.0839. The number of carbonyl (C=O) groups excluding carboxylic acids is 1. The van der Waals surface area contributed by atoms with E-state index in [9.17, 15) is 14.7 Å². The molecule has 0 bridgehead atoms. The molecule has 1 unspecified atom stereocenters. The molecular weight excluding hydrogens is 376 g/mol. The number of carboxylic acids is 1. The van der Waals surface area contributed by atoms with E-state index in [4.69, 9.17) is 5.73 Å². The van der Waals surface area contributed by atoms with Gasteiger partial charge in [0.15, 0.2) is 8.68 Å². The molecule has 1 aromatic heterocycles. The molecule has 0 saturated carbocycles. The lowest BCUT2D eigenvalue weighted by molar-refractivity contribution is -0.147. The van der Waals surface area contributed by atoms with Gasteiger partial charge < -0.3 is 10.8 Å². The lowest BCUT2D eigenvalue weighted by Crippen LogP contribution is -2.68. The van der Waals surface area contributed by atoms with E-state index in [0.29, 0.717) is 11.5 Å². The summed E-state index contributed by atoms with van der Waals surface area (Å²) in [6.45, 7) is 2.05. The van der Waals surface area contributed by atoms with Gasteiger partial charge >= 0.3 is 5.97 Å². The first-order chi connectivity index (χ1) is 11.0. The normalized spacial score (nSPS) is 23.7. The average Bonchev–Trinajstić information content (AvgIpc) is 2.99. The molecular formula is C12H14N4O3S4. The highest BCUT2D eigenvalue weighted by molar-refractivity contribution is 8.03. The van der Waals surface area contributed by atoms with Crippen LogP contribution in [0.3, 0.4) is 0 Å². The number of aliphatic carboxylic acids is 1. The molecule has 1 amide bonds. The van der Waals surface area contributed by atoms with E-state index >= 15 is 0 Å². The Morgan fingerprint density at radius 3 is 2.78 bits per heavy atom. The summed E-state index contributed by atoms with van der Waals surface area (Å²) in [5, 5.41) is 17.4. The fourth-order valence-electron chi connectivity index (χ4n) is 2.28. The van der Waals surface area contributed by atoms with E-state index in [1.165, 1.54) is 39.8 Å². The standard InChI is InChI=1S/C12H14N4O3S4/c1-2-20-11-14-15-12(23-11)22-4-5-3-21-9-6(13)8(17)16(9)7(5)10(18)19/h6,9H,2-4,13H2,1H3,(H,18,19)/t6?,9-/m0/s1. The molecule has 0 aliphatic carbocycles. The third-order valence-electron chi connectivity index (χ3n) is 3.32. The van der Waals surface area contributed by atoms with Gasteiger partial charge in [-0.15, -0.1) is 22.0 Å². The number of fused-ring (bicyclic) bond motifs is 1. The van der Waals surface area contributed by atoms with Gasteiger partial charge in [0.1, 0.15) is 17.1 Å². The SMILES string of the molecule is CCSc1nnc(SCC2=C(C(=O)O)N3C(=O)C(N)[C@@H]3SC2)s1. The highest BCUT2D eigenvalue weighted by Gasteiger charge is 2.51. The molecule has 1 aromatic rings. The number of amides is 1. The van der Waals surface area contributed by atoms with Gasteiger partial charge in [-0.2, -0.15) is 0 Å². The number of hydrogen-bond donors (Lipinski definition) is 2. The summed E-state index contributed by atoms with van der Waals surface area (Å²) in [5.74, 6) is 0.575. The monoisotopic (exact) mass is 390 g/mol. The van der Waals surface area contributed by atoms with Crippen molar-refractivity contribution in [1.29, 1.82) is 0 Å². The maximum absolute atomic E-state index is 11.9. The van der Waals surface area contributed by atoms with Crippen molar-refractivity contribution in [3.8, 4) is 0 Å². The second kappa shape index (κ2) is 7.01. The van der Waals surface area contributed by atoms with Gasteiger partial charge in [0, 0.05) is 11.5 Å². The third kappa shape index (κ3) is 3.25. The fraction of sp³-hybridized carbons (Fsp3) is 0.500. The quantitative estimate of drug-likeness (QED) is 0.549. The number of rotatable bonds is 6. The largest absolute Gasteiger partial charge is 0.477 e. The Kier molecular flexibility index (Phi) is 5.21. The highest BCUT2D eigenvalue weighted by Crippen LogP contribution is 2.41. The van der Waals surface area contributed by atoms with Crippen LogP contribution in [0.2, 0.25) is 0 Å². The van der Waals surface area contributed by atoms with E-state index in [2.05, 4.69) is 10.2 Å². The Morgan fingerprint density at radius 1 is 1.43 bits per heavy atom. The van der Waals surface area contributed by atoms with Crippen LogP contribution >= 0.6 is 46.6 Å². The van der Waals surface area contributed by atoms with Crippen LogP contribution in [0.15, 0.2) is 19.9 Å². The van der Waals surface area contributed by atoms with Crippen molar-refractivity contribution in [3.05, 3.63) is 11.3 Å². The maximum atomic E-state index is 11.9. The van der Waals surface area contributed by atoms with Gasteiger partial charge in [-0.1, -0.05) is 41.8 Å². The number of nitrogens with zero attached hydrogens (tertiary/aromatic N) is 3. The van der Waals surface area contributed by atoms with Crippen LogP contribution in [0.5, 0.6) is 0 Å². The molecule has 0 aromatic carbocycles. The molecule has 11 heteroatoms. The zero-order chi connectivity index (χ0) is 16.6. The first-order valence-corrected chi connectivity index (χ1v) is 10.6. The number of thioether (sulfide) groups is 3. The smallest absolute Gasteiger partial charge is 0.352 e. The van der Waals surface area contributed by atoms with Crippen LogP contribution in [-0.2, 0) is 9.59 Å². The van der Waals surface area contributed by atoms with Crippen molar-refractivity contribution < 1.29 is 14.7 Å². The zero-order valence-corrected chi connectivity index (χ0v) is 15.4. The fourth-order valence-corrected chi connectivity index (χ4v) is 6.63. The molecule has 0 spiro atoms. The summed E-state index contributed by atoms with van der Waals surface area (Å²) in [6, 6.07) is -0.597. The Hall–Kier alpha value is -0.750. The topological polar surface area (TPSA) is 109 Å². The van der Waals surface area contributed by atoms with E-state index in [-0.39, 0.29) is 17.0 Å². The van der Waals surface area contributed by atoms with Crippen molar-refractivity contribution in [2.45, 2.75) is 27.0 Å². The summed E-state index contributed by atoms with van der Waals surface area (Å²) in [5.41, 5.74) is 6.54. The molecule has 3 N–H and O–H groups in total. The molecule has 124 valence electrons. The predicted molar refractivity (Wildman–Crippen MR) is 92.8 cm³/mol. The van der Waals surface area contributed by atoms with Crippen LogP contribution in [0, 0.1) is 0 Å². The summed E-state index contributed by atoms with van der Waals surface area (Å²) >= 11 is 6.09. The van der Waals surface area contributed by atoms with Crippen LogP contribution in [-0.4, -0.2) is 60.8 Å². The van der Waals surface area contributed by atoms with Crippen LogP contribution < -0.4 is 5.73 Å². The van der Waals surface area contributed by atoms with Gasteiger partial charge in [-0.05, 0) is 11.3 Å². The molecule has 7 nitrogen and oxygen atoms in total. The number of nitrogens with two attached hydrogens (primary N) is 1. The van der Waals surface area contributed by atoms with E-state index < -0.39 is 12.0 Å². The first-order valence-electron chi connectivity index (χ1n) is 6.77. The van der Waals surface area contributed by atoms with Crippen molar-refractivity contribution in [2.75, 3.05) is 17.3 Å². The molecule has 1 saturated heterocycles. The molecule has 23 heavy (non-hydrogen) atoms. The second-order valence-corrected chi connectivity index (χ2v) is 9.56. The number of aromatic nitrogens is 2. The third-order valence-corrected chi connectivity index (χ3v) is 7.84. The molecule has 2 atom stereocenters. The van der Waals surface area contributed by atoms with E-state index in [1.807, 2.05) is 6.92 Å². The van der Waals surface area contributed by atoms with E-state index in [0.717, 1.165) is 20.0 Å². The summed E-state index contributed by atoms with van der Waals surface area (Å²) in [6.07, 6.45) is 0. The van der Waals surface area contributed by atoms with Crippen LogP contribution in [0.4, 0.5) is 0 Å². The lowest BCUT2D eigenvalue weighted by atomic mass is 10.0. The van der Waals surface area contributed by atoms with Gasteiger partial charge in [0.25, 0.3) is 0 Å². The molecule has 0 radical (unpaired) electrons. The molecule has 3 heterocycles. The zero-order valence-electron chi connectivity index (χ0n) is 12.1. The summed E-state index contributed by atoms with van der Waals surface area (Å²) in [4.78, 5) is 24.7. The van der Waals surface area contributed by atoms with Gasteiger partial charge in [-0.3, -0.25) is 9.69 Å².